The fourth-order valence-electron chi connectivity index (χ4n) is 3.34. The van der Waals surface area contributed by atoms with Gasteiger partial charge in [0.05, 0.1) is 0 Å². The van der Waals surface area contributed by atoms with E-state index in [4.69, 9.17) is 4.74 Å². The molecule has 0 atom stereocenters. The Labute approximate surface area is 174 Å². The molecular weight excluding hydrogens is 386 g/mol. The van der Waals surface area contributed by atoms with Crippen LogP contribution in [0.3, 0.4) is 0 Å². The molecule has 0 unspecified atom stereocenters. The monoisotopic (exact) mass is 411 g/mol. The lowest BCUT2D eigenvalue weighted by molar-refractivity contribution is -0.136. The first-order valence-corrected chi connectivity index (χ1v) is 9.75. The van der Waals surface area contributed by atoms with Crippen molar-refractivity contribution in [1.82, 2.24) is 20.2 Å². The van der Waals surface area contributed by atoms with Crippen LogP contribution in [0.15, 0.2) is 36.7 Å². The fourth-order valence-corrected chi connectivity index (χ4v) is 3.34. The van der Waals surface area contributed by atoms with Crippen LogP contribution >= 0.6 is 0 Å². The molecule has 0 spiro atoms. The summed E-state index contributed by atoms with van der Waals surface area (Å²) >= 11 is 0. The summed E-state index contributed by atoms with van der Waals surface area (Å²) < 4.78 is 4.88. The van der Waals surface area contributed by atoms with E-state index < -0.39 is 5.91 Å². The second-order valence-electron chi connectivity index (χ2n) is 7.08. The molecule has 1 aliphatic rings. The van der Waals surface area contributed by atoms with E-state index in [9.17, 15) is 14.4 Å². The third-order valence-corrected chi connectivity index (χ3v) is 4.99. The zero-order valence-corrected chi connectivity index (χ0v) is 17.1. The third-order valence-electron chi connectivity index (χ3n) is 4.99. The lowest BCUT2D eigenvalue weighted by Crippen LogP contribution is -2.47. The number of ether oxygens (including phenoxy) is 1. The van der Waals surface area contributed by atoms with Gasteiger partial charge in [0.2, 0.25) is 5.91 Å². The predicted molar refractivity (Wildman–Crippen MR) is 110 cm³/mol. The molecule has 1 fully saturated rings. The molecule has 1 aliphatic heterocycles. The lowest BCUT2D eigenvalue weighted by Gasteiger charge is -2.32. The van der Waals surface area contributed by atoms with Crippen molar-refractivity contribution in [2.24, 2.45) is 0 Å². The largest absolute Gasteiger partial charge is 0.375 e. The molecule has 2 aromatic rings. The van der Waals surface area contributed by atoms with E-state index in [1.807, 2.05) is 19.1 Å². The molecule has 1 aromatic heterocycles. The Hall–Kier alpha value is -3.33. The number of carbonyl (C=O) groups excluding carboxylic acids is 3. The number of hydrogen-bond donors (Lipinski definition) is 2. The minimum absolute atomic E-state index is 0.0531. The highest BCUT2D eigenvalue weighted by Crippen LogP contribution is 2.15. The van der Waals surface area contributed by atoms with Gasteiger partial charge in [-0.25, -0.2) is 9.97 Å². The molecule has 3 rings (SSSR count). The summed E-state index contributed by atoms with van der Waals surface area (Å²) in [4.78, 5) is 47.2. The van der Waals surface area contributed by atoms with E-state index in [-0.39, 0.29) is 36.0 Å². The van der Waals surface area contributed by atoms with E-state index in [1.165, 1.54) is 19.5 Å². The number of amides is 3. The van der Waals surface area contributed by atoms with Crippen molar-refractivity contribution in [3.63, 3.8) is 0 Å². The van der Waals surface area contributed by atoms with Crippen molar-refractivity contribution < 1.29 is 19.1 Å². The summed E-state index contributed by atoms with van der Waals surface area (Å²) in [6.45, 7) is 2.98. The Bertz CT molecular complexity index is 925. The van der Waals surface area contributed by atoms with Gasteiger partial charge in [-0.2, -0.15) is 0 Å². The number of nitrogens with one attached hydrogen (secondary N) is 2. The third kappa shape index (κ3) is 5.18. The first-order valence-electron chi connectivity index (χ1n) is 9.75. The summed E-state index contributed by atoms with van der Waals surface area (Å²) in [5.41, 5.74) is 1.37. The normalized spacial score (nSPS) is 14.3. The fraction of sp³-hybridized carbons (Fsp3) is 0.381. The number of aryl methyl sites for hydroxylation is 1. The maximum atomic E-state index is 12.8. The minimum atomic E-state index is -0.412. The van der Waals surface area contributed by atoms with Gasteiger partial charge in [-0.3, -0.25) is 14.4 Å². The van der Waals surface area contributed by atoms with Crippen molar-refractivity contribution in [2.75, 3.05) is 32.1 Å². The van der Waals surface area contributed by atoms with Gasteiger partial charge in [0.25, 0.3) is 11.8 Å². The van der Waals surface area contributed by atoms with Gasteiger partial charge >= 0.3 is 0 Å². The number of nitrogens with zero attached hydrogens (tertiary/aromatic N) is 3. The van der Waals surface area contributed by atoms with Crippen molar-refractivity contribution in [3.8, 4) is 0 Å². The van der Waals surface area contributed by atoms with E-state index in [1.54, 1.807) is 17.0 Å². The zero-order valence-electron chi connectivity index (χ0n) is 17.1. The van der Waals surface area contributed by atoms with Crippen molar-refractivity contribution in [1.29, 1.82) is 0 Å². The van der Waals surface area contributed by atoms with Crippen LogP contribution < -0.4 is 10.6 Å². The van der Waals surface area contributed by atoms with Crippen molar-refractivity contribution in [3.05, 3.63) is 53.5 Å². The van der Waals surface area contributed by atoms with Crippen molar-refractivity contribution >= 4 is 23.5 Å². The van der Waals surface area contributed by atoms with Crippen LogP contribution in [0.5, 0.6) is 0 Å². The molecular formula is C21H25N5O4. The number of likely N-dealkylation sites (tertiary alicyclic amines) is 1. The van der Waals surface area contributed by atoms with Crippen LogP contribution in [0.2, 0.25) is 0 Å². The van der Waals surface area contributed by atoms with Crippen LogP contribution in [0.25, 0.3) is 0 Å². The number of methoxy groups -OCH3 is 1. The van der Waals surface area contributed by atoms with Gasteiger partial charge in [0.1, 0.15) is 6.61 Å². The first-order chi connectivity index (χ1) is 14.5. The Kier molecular flexibility index (Phi) is 7.08. The molecule has 2 heterocycles. The SMILES string of the molecule is COCC(=O)N1CCC(NC(=O)c2nccnc2NC(=O)c2ccccc2C)CC1. The molecule has 2 N–H and O–H groups in total. The molecule has 1 saturated heterocycles. The number of benzene rings is 1. The highest BCUT2D eigenvalue weighted by molar-refractivity contribution is 6.08. The second-order valence-corrected chi connectivity index (χ2v) is 7.08. The van der Waals surface area contributed by atoms with Crippen LogP contribution in [0.4, 0.5) is 5.82 Å². The number of rotatable bonds is 6. The average Bonchev–Trinajstić information content (AvgIpc) is 2.75. The average molecular weight is 411 g/mol. The minimum Gasteiger partial charge on any atom is -0.375 e. The Morgan fingerprint density at radius 1 is 1.10 bits per heavy atom. The summed E-state index contributed by atoms with van der Waals surface area (Å²) in [6, 6.07) is 7.07. The van der Waals surface area contributed by atoms with Gasteiger partial charge in [-0.1, -0.05) is 18.2 Å². The molecule has 158 valence electrons. The van der Waals surface area contributed by atoms with E-state index in [2.05, 4.69) is 20.6 Å². The molecule has 0 bridgehead atoms. The van der Waals surface area contributed by atoms with Gasteiger partial charge in [-0.05, 0) is 31.4 Å². The Balaban J connectivity index is 1.63. The molecule has 30 heavy (non-hydrogen) atoms. The number of piperidine rings is 1. The van der Waals surface area contributed by atoms with E-state index >= 15 is 0 Å². The molecule has 3 amide bonds. The topological polar surface area (TPSA) is 114 Å². The molecule has 9 nitrogen and oxygen atoms in total. The van der Waals surface area contributed by atoms with Crippen LogP contribution in [0.1, 0.15) is 39.3 Å². The smallest absolute Gasteiger partial charge is 0.273 e. The van der Waals surface area contributed by atoms with Crippen LogP contribution in [-0.2, 0) is 9.53 Å². The van der Waals surface area contributed by atoms with Gasteiger partial charge in [-0.15, -0.1) is 0 Å². The zero-order chi connectivity index (χ0) is 21.5. The summed E-state index contributed by atoms with van der Waals surface area (Å²) in [5.74, 6) is -0.717. The second kappa shape index (κ2) is 9.93. The van der Waals surface area contributed by atoms with Crippen molar-refractivity contribution in [2.45, 2.75) is 25.8 Å². The highest BCUT2D eigenvalue weighted by atomic mass is 16.5. The Morgan fingerprint density at radius 3 is 2.50 bits per heavy atom. The maximum absolute atomic E-state index is 12.8. The number of carbonyl (C=O) groups is 3. The number of hydrogen-bond acceptors (Lipinski definition) is 6. The predicted octanol–water partition coefficient (Wildman–Crippen LogP) is 1.40. The molecule has 0 saturated carbocycles. The maximum Gasteiger partial charge on any atom is 0.273 e. The van der Waals surface area contributed by atoms with Gasteiger partial charge in [0.15, 0.2) is 11.5 Å². The molecule has 1 aromatic carbocycles. The standard InChI is InChI=1S/C21H25N5O4/c1-14-5-3-4-6-16(14)20(28)25-19-18(22-9-10-23-19)21(29)24-15-7-11-26(12-8-15)17(27)13-30-2/h3-6,9-10,15H,7-8,11-13H2,1-2H3,(H,24,29)(H,23,25,28). The van der Waals surface area contributed by atoms with E-state index in [0.717, 1.165) is 5.56 Å². The van der Waals surface area contributed by atoms with Crippen LogP contribution in [-0.4, -0.2) is 65.4 Å². The number of anilines is 1. The molecule has 9 heteroatoms. The summed E-state index contributed by atoms with van der Waals surface area (Å²) in [7, 11) is 1.49. The molecule has 0 radical (unpaired) electrons. The van der Waals surface area contributed by atoms with E-state index in [0.29, 0.717) is 31.5 Å². The molecule has 0 aliphatic carbocycles. The quantitative estimate of drug-likeness (QED) is 0.743. The number of aromatic nitrogens is 2. The highest BCUT2D eigenvalue weighted by Gasteiger charge is 2.25. The van der Waals surface area contributed by atoms with Gasteiger partial charge in [0, 0.05) is 44.2 Å². The lowest BCUT2D eigenvalue weighted by atomic mass is 10.0. The summed E-state index contributed by atoms with van der Waals surface area (Å²) in [5, 5.41) is 5.61. The van der Waals surface area contributed by atoms with Gasteiger partial charge < -0.3 is 20.3 Å². The Morgan fingerprint density at radius 2 is 1.80 bits per heavy atom. The van der Waals surface area contributed by atoms with Crippen LogP contribution in [0, 0.1) is 6.92 Å². The summed E-state index contributed by atoms with van der Waals surface area (Å²) in [6.07, 6.45) is 4.09. The first kappa shape index (κ1) is 21.4.